The van der Waals surface area contributed by atoms with Crippen LogP contribution in [0.3, 0.4) is 0 Å². The van der Waals surface area contributed by atoms with Crippen LogP contribution in [0.5, 0.6) is 0 Å². The zero-order valence-electron chi connectivity index (χ0n) is 11.4. The smallest absolute Gasteiger partial charge is 0.0617 e. The van der Waals surface area contributed by atoms with E-state index in [-0.39, 0.29) is 5.41 Å². The van der Waals surface area contributed by atoms with Crippen molar-refractivity contribution in [2.45, 2.75) is 58.8 Å². The van der Waals surface area contributed by atoms with Gasteiger partial charge in [-0.25, -0.2) is 0 Å². The summed E-state index contributed by atoms with van der Waals surface area (Å²) >= 11 is 0. The maximum Gasteiger partial charge on any atom is 0.0617 e. The molecule has 0 aliphatic carbocycles. The first-order valence-corrected chi connectivity index (χ1v) is 6.38. The third kappa shape index (κ3) is 3.44. The van der Waals surface area contributed by atoms with E-state index in [9.17, 15) is 0 Å². The third-order valence-electron chi connectivity index (χ3n) is 3.79. The molecule has 96 valence electrons. The second-order valence-corrected chi connectivity index (χ2v) is 5.41. The molecular formula is C13H27NO2. The standard InChI is InChI=1S/C13H27NO2/c1-10(2)14-9-13(8-11(3)15-5)6-7-16-12(13)4/h10-12,14H,6-9H2,1-5H3. The van der Waals surface area contributed by atoms with E-state index in [1.165, 1.54) is 0 Å². The van der Waals surface area contributed by atoms with Gasteiger partial charge < -0.3 is 14.8 Å². The van der Waals surface area contributed by atoms with Gasteiger partial charge in [-0.2, -0.15) is 0 Å². The highest BCUT2D eigenvalue weighted by molar-refractivity contribution is 4.93. The fraction of sp³-hybridized carbons (Fsp3) is 1.00. The SMILES string of the molecule is COC(C)CC1(CNC(C)C)CCOC1C. The van der Waals surface area contributed by atoms with Gasteiger partial charge in [-0.05, 0) is 26.7 Å². The van der Waals surface area contributed by atoms with Gasteiger partial charge in [-0.1, -0.05) is 13.8 Å². The van der Waals surface area contributed by atoms with Gasteiger partial charge in [-0.15, -0.1) is 0 Å². The number of hydrogen-bond acceptors (Lipinski definition) is 3. The van der Waals surface area contributed by atoms with Gasteiger partial charge in [0.1, 0.15) is 0 Å². The molecule has 1 rings (SSSR count). The van der Waals surface area contributed by atoms with Crippen molar-refractivity contribution < 1.29 is 9.47 Å². The number of methoxy groups -OCH3 is 1. The van der Waals surface area contributed by atoms with Crippen LogP contribution >= 0.6 is 0 Å². The van der Waals surface area contributed by atoms with Crippen molar-refractivity contribution in [3.05, 3.63) is 0 Å². The lowest BCUT2D eigenvalue weighted by Gasteiger charge is -2.35. The summed E-state index contributed by atoms with van der Waals surface area (Å²) in [4.78, 5) is 0. The Hall–Kier alpha value is -0.120. The number of nitrogens with one attached hydrogen (secondary N) is 1. The quantitative estimate of drug-likeness (QED) is 0.757. The number of hydrogen-bond donors (Lipinski definition) is 1. The highest BCUT2D eigenvalue weighted by Gasteiger charge is 2.42. The molecule has 3 atom stereocenters. The van der Waals surface area contributed by atoms with E-state index in [0.29, 0.717) is 18.2 Å². The lowest BCUT2D eigenvalue weighted by molar-refractivity contribution is 0.0149. The van der Waals surface area contributed by atoms with Crippen molar-refractivity contribution in [1.82, 2.24) is 5.32 Å². The molecule has 1 aliphatic heterocycles. The van der Waals surface area contributed by atoms with Gasteiger partial charge in [0.05, 0.1) is 12.2 Å². The fourth-order valence-corrected chi connectivity index (χ4v) is 2.45. The molecule has 3 nitrogen and oxygen atoms in total. The molecule has 1 heterocycles. The summed E-state index contributed by atoms with van der Waals surface area (Å²) in [6.45, 7) is 10.6. The van der Waals surface area contributed by atoms with Crippen LogP contribution in [-0.2, 0) is 9.47 Å². The van der Waals surface area contributed by atoms with Crippen molar-refractivity contribution in [2.24, 2.45) is 5.41 Å². The molecule has 1 fully saturated rings. The minimum atomic E-state index is 0.250. The van der Waals surface area contributed by atoms with E-state index in [4.69, 9.17) is 9.47 Å². The van der Waals surface area contributed by atoms with Crippen LogP contribution in [0.15, 0.2) is 0 Å². The molecule has 0 aromatic heterocycles. The van der Waals surface area contributed by atoms with Crippen LogP contribution in [0, 0.1) is 5.41 Å². The Bertz CT molecular complexity index is 208. The molecule has 0 amide bonds. The van der Waals surface area contributed by atoms with Crippen LogP contribution in [0.4, 0.5) is 0 Å². The van der Waals surface area contributed by atoms with Crippen molar-refractivity contribution in [1.29, 1.82) is 0 Å². The Morgan fingerprint density at radius 2 is 2.12 bits per heavy atom. The molecule has 0 radical (unpaired) electrons. The monoisotopic (exact) mass is 229 g/mol. The largest absolute Gasteiger partial charge is 0.382 e. The molecular weight excluding hydrogens is 202 g/mol. The van der Waals surface area contributed by atoms with Gasteiger partial charge in [0.15, 0.2) is 0 Å². The van der Waals surface area contributed by atoms with Crippen LogP contribution in [0.1, 0.15) is 40.5 Å². The molecule has 1 saturated heterocycles. The van der Waals surface area contributed by atoms with E-state index in [2.05, 4.69) is 33.0 Å². The zero-order chi connectivity index (χ0) is 12.2. The third-order valence-corrected chi connectivity index (χ3v) is 3.79. The first kappa shape index (κ1) is 13.9. The minimum Gasteiger partial charge on any atom is -0.382 e. The van der Waals surface area contributed by atoms with Crippen LogP contribution < -0.4 is 5.32 Å². The topological polar surface area (TPSA) is 30.5 Å². The highest BCUT2D eigenvalue weighted by atomic mass is 16.5. The first-order valence-electron chi connectivity index (χ1n) is 6.38. The van der Waals surface area contributed by atoms with Crippen molar-refractivity contribution >= 4 is 0 Å². The Labute approximate surface area is 99.9 Å². The molecule has 0 aromatic rings. The van der Waals surface area contributed by atoms with E-state index in [0.717, 1.165) is 26.0 Å². The Balaban J connectivity index is 2.61. The summed E-state index contributed by atoms with van der Waals surface area (Å²) in [7, 11) is 1.79. The molecule has 0 saturated carbocycles. The lowest BCUT2D eigenvalue weighted by Crippen LogP contribution is -2.43. The van der Waals surface area contributed by atoms with Gasteiger partial charge in [0, 0.05) is 31.7 Å². The maximum atomic E-state index is 5.75. The average molecular weight is 229 g/mol. The first-order chi connectivity index (χ1) is 7.50. The second-order valence-electron chi connectivity index (χ2n) is 5.41. The van der Waals surface area contributed by atoms with Crippen LogP contribution in [0.25, 0.3) is 0 Å². The predicted octanol–water partition coefficient (Wildman–Crippen LogP) is 2.20. The normalized spacial score (nSPS) is 32.2. The molecule has 0 spiro atoms. The fourth-order valence-electron chi connectivity index (χ4n) is 2.45. The van der Waals surface area contributed by atoms with Crippen molar-refractivity contribution in [3.63, 3.8) is 0 Å². The Kier molecular flexibility index (Phi) is 5.22. The van der Waals surface area contributed by atoms with Gasteiger partial charge >= 0.3 is 0 Å². The van der Waals surface area contributed by atoms with E-state index in [1.54, 1.807) is 7.11 Å². The van der Waals surface area contributed by atoms with Gasteiger partial charge in [0.25, 0.3) is 0 Å². The second kappa shape index (κ2) is 5.99. The van der Waals surface area contributed by atoms with Crippen molar-refractivity contribution in [3.8, 4) is 0 Å². The maximum absolute atomic E-state index is 5.75. The van der Waals surface area contributed by atoms with Crippen LogP contribution in [-0.4, -0.2) is 38.5 Å². The zero-order valence-corrected chi connectivity index (χ0v) is 11.4. The van der Waals surface area contributed by atoms with Crippen LogP contribution in [0.2, 0.25) is 0 Å². The number of ether oxygens (including phenoxy) is 2. The molecule has 16 heavy (non-hydrogen) atoms. The number of rotatable bonds is 6. The highest BCUT2D eigenvalue weighted by Crippen LogP contribution is 2.39. The van der Waals surface area contributed by atoms with E-state index >= 15 is 0 Å². The molecule has 3 unspecified atom stereocenters. The molecule has 0 bridgehead atoms. The lowest BCUT2D eigenvalue weighted by atomic mass is 9.76. The Morgan fingerprint density at radius 3 is 2.56 bits per heavy atom. The average Bonchev–Trinajstić information content (AvgIpc) is 2.58. The van der Waals surface area contributed by atoms with Crippen molar-refractivity contribution in [2.75, 3.05) is 20.3 Å². The van der Waals surface area contributed by atoms with Gasteiger partial charge in [0.2, 0.25) is 0 Å². The summed E-state index contributed by atoms with van der Waals surface area (Å²) in [5.74, 6) is 0. The summed E-state index contributed by atoms with van der Waals surface area (Å²) in [6.07, 6.45) is 2.85. The predicted molar refractivity (Wildman–Crippen MR) is 66.7 cm³/mol. The van der Waals surface area contributed by atoms with E-state index < -0.39 is 0 Å². The summed E-state index contributed by atoms with van der Waals surface area (Å²) < 4.78 is 11.2. The summed E-state index contributed by atoms with van der Waals surface area (Å²) in [6, 6.07) is 0.530. The van der Waals surface area contributed by atoms with Gasteiger partial charge in [-0.3, -0.25) is 0 Å². The minimum absolute atomic E-state index is 0.250. The molecule has 1 N–H and O–H groups in total. The summed E-state index contributed by atoms with van der Waals surface area (Å²) in [5.41, 5.74) is 0.250. The molecule has 3 heteroatoms. The summed E-state index contributed by atoms with van der Waals surface area (Å²) in [5, 5.41) is 3.55. The molecule has 0 aromatic carbocycles. The Morgan fingerprint density at radius 1 is 1.44 bits per heavy atom. The van der Waals surface area contributed by atoms with E-state index in [1.807, 2.05) is 0 Å². The molecule has 1 aliphatic rings.